The van der Waals surface area contributed by atoms with Crippen LogP contribution >= 0.6 is 0 Å². The molecule has 5 rings (SSSR count). The smallest absolute Gasteiger partial charge is 0.252 e. The number of aliphatic hydroxyl groups excluding tert-OH is 1. The third-order valence-electron chi connectivity index (χ3n) is 8.96. The van der Waals surface area contributed by atoms with Gasteiger partial charge in [0.2, 0.25) is 0 Å². The van der Waals surface area contributed by atoms with Gasteiger partial charge in [-0.25, -0.2) is 9.50 Å². The van der Waals surface area contributed by atoms with Crippen LogP contribution in [0.25, 0.3) is 5.78 Å². The summed E-state index contributed by atoms with van der Waals surface area (Å²) in [5.41, 5.74) is 4.56. The lowest BCUT2D eigenvalue weighted by Crippen LogP contribution is -2.37. The van der Waals surface area contributed by atoms with E-state index in [0.717, 1.165) is 55.8 Å². The van der Waals surface area contributed by atoms with E-state index in [-0.39, 0.29) is 23.4 Å². The number of likely N-dealkylation sites (N-methyl/N-ethyl adjacent to an activating group) is 1. The highest BCUT2D eigenvalue weighted by molar-refractivity contribution is 5.97. The van der Waals surface area contributed by atoms with Crippen molar-refractivity contribution < 1.29 is 14.6 Å². The van der Waals surface area contributed by atoms with Crippen molar-refractivity contribution in [1.29, 1.82) is 0 Å². The largest absolute Gasteiger partial charge is 0.512 e. The van der Waals surface area contributed by atoms with Crippen LogP contribution in [0.15, 0.2) is 35.6 Å². The first-order valence-electron chi connectivity index (χ1n) is 14.8. The van der Waals surface area contributed by atoms with E-state index in [0.29, 0.717) is 42.5 Å². The zero-order valence-electron chi connectivity index (χ0n) is 24.4. The van der Waals surface area contributed by atoms with Crippen molar-refractivity contribution in [3.8, 4) is 5.75 Å². The van der Waals surface area contributed by atoms with E-state index in [4.69, 9.17) is 4.74 Å². The van der Waals surface area contributed by atoms with Crippen LogP contribution in [-0.2, 0) is 24.1 Å². The molecule has 1 atom stereocenters. The van der Waals surface area contributed by atoms with Gasteiger partial charge >= 0.3 is 0 Å². The van der Waals surface area contributed by atoms with Crippen LogP contribution in [0.1, 0.15) is 80.2 Å². The maximum absolute atomic E-state index is 13.7. The van der Waals surface area contributed by atoms with Gasteiger partial charge in [0.1, 0.15) is 12.4 Å². The van der Waals surface area contributed by atoms with Crippen LogP contribution in [0.5, 0.6) is 5.75 Å². The van der Waals surface area contributed by atoms with Crippen LogP contribution in [0.2, 0.25) is 0 Å². The molecule has 2 N–H and O–H groups in total. The van der Waals surface area contributed by atoms with Crippen LogP contribution < -0.4 is 10.1 Å². The quantitative estimate of drug-likeness (QED) is 0.310. The van der Waals surface area contributed by atoms with Crippen molar-refractivity contribution in [2.75, 3.05) is 20.2 Å². The summed E-state index contributed by atoms with van der Waals surface area (Å²) in [6.07, 6.45) is 8.62. The Kier molecular flexibility index (Phi) is 8.54. The molecule has 0 radical (unpaired) electrons. The predicted molar refractivity (Wildman–Crippen MR) is 156 cm³/mol. The molecule has 2 heterocycles. The number of allylic oxidation sites excluding steroid dienone is 2. The van der Waals surface area contributed by atoms with Crippen LogP contribution in [0.3, 0.4) is 0 Å². The van der Waals surface area contributed by atoms with E-state index in [1.807, 2.05) is 27.0 Å². The molecule has 8 nitrogen and oxygen atoms in total. The van der Waals surface area contributed by atoms with Gasteiger partial charge in [-0.3, -0.25) is 4.79 Å². The number of aryl methyl sites for hydroxylation is 4. The highest BCUT2D eigenvalue weighted by atomic mass is 16.5. The third kappa shape index (κ3) is 5.92. The summed E-state index contributed by atoms with van der Waals surface area (Å²) in [6.45, 7) is 7.51. The number of nitrogens with zero attached hydrogens (tertiary/aromatic N) is 4. The zero-order chi connectivity index (χ0) is 28.3. The Bertz CT molecular complexity index is 1410. The Morgan fingerprint density at radius 2 is 1.95 bits per heavy atom. The number of benzene rings is 1. The minimum Gasteiger partial charge on any atom is -0.512 e. The lowest BCUT2D eigenvalue weighted by Gasteiger charge is -2.42. The molecule has 2 aliphatic carbocycles. The summed E-state index contributed by atoms with van der Waals surface area (Å²) in [4.78, 5) is 22.7. The van der Waals surface area contributed by atoms with Gasteiger partial charge < -0.3 is 15.2 Å². The van der Waals surface area contributed by atoms with Crippen molar-refractivity contribution >= 4 is 11.6 Å². The topological polar surface area (TPSA) is 102 Å². The number of nitrogens with one attached hydrogen (secondary N) is 1. The van der Waals surface area contributed by atoms with Gasteiger partial charge in [0.25, 0.3) is 5.78 Å². The molecule has 8 heteroatoms. The minimum absolute atomic E-state index is 0.0397. The molecule has 1 aromatic carbocycles. The Morgan fingerprint density at radius 1 is 1.15 bits per heavy atom. The van der Waals surface area contributed by atoms with Gasteiger partial charge in [-0.2, -0.15) is 4.98 Å². The number of Topliss-reactive ketones (excluding diaryl/α,β-unsaturated/α-hetero) is 1. The molecule has 1 fully saturated rings. The van der Waals surface area contributed by atoms with Crippen molar-refractivity contribution in [1.82, 2.24) is 24.9 Å². The summed E-state index contributed by atoms with van der Waals surface area (Å²) < 4.78 is 7.68. The lowest BCUT2D eigenvalue weighted by atomic mass is 9.62. The second-order valence-corrected chi connectivity index (χ2v) is 11.7. The molecule has 40 heavy (non-hydrogen) atoms. The first-order chi connectivity index (χ1) is 19.3. The molecule has 0 bridgehead atoms. The first-order valence-corrected chi connectivity index (χ1v) is 14.8. The molecule has 0 amide bonds. The van der Waals surface area contributed by atoms with E-state index >= 15 is 0 Å². The summed E-state index contributed by atoms with van der Waals surface area (Å²) in [6, 6.07) is 8.47. The number of carbonyl (C=O) groups is 1. The zero-order valence-corrected chi connectivity index (χ0v) is 24.4. The molecular weight excluding hydrogens is 502 g/mol. The number of fused-ring (bicyclic) bond motifs is 1. The van der Waals surface area contributed by atoms with Gasteiger partial charge in [0.15, 0.2) is 11.6 Å². The Balaban J connectivity index is 1.36. The number of hydrogen-bond donors (Lipinski definition) is 2. The van der Waals surface area contributed by atoms with Crippen LogP contribution in [-0.4, -0.2) is 50.7 Å². The van der Waals surface area contributed by atoms with E-state index in [1.54, 1.807) is 4.52 Å². The van der Waals surface area contributed by atoms with Gasteiger partial charge in [0.05, 0.1) is 5.76 Å². The van der Waals surface area contributed by atoms with Gasteiger partial charge in [0, 0.05) is 42.8 Å². The minimum atomic E-state index is -0.211. The molecule has 1 unspecified atom stereocenters. The third-order valence-corrected chi connectivity index (χ3v) is 8.96. The predicted octanol–water partition coefficient (Wildman–Crippen LogP) is 5.43. The fourth-order valence-corrected chi connectivity index (χ4v) is 6.80. The monoisotopic (exact) mass is 545 g/mol. The Morgan fingerprint density at radius 3 is 2.67 bits per heavy atom. The molecule has 3 aromatic rings. The Labute approximate surface area is 237 Å². The number of aromatic nitrogens is 4. The summed E-state index contributed by atoms with van der Waals surface area (Å²) >= 11 is 0. The fourth-order valence-electron chi connectivity index (χ4n) is 6.80. The van der Waals surface area contributed by atoms with Crippen LogP contribution in [0, 0.1) is 25.2 Å². The summed E-state index contributed by atoms with van der Waals surface area (Å²) in [7, 11) is 1.93. The summed E-state index contributed by atoms with van der Waals surface area (Å²) in [5.74, 6) is 2.72. The van der Waals surface area contributed by atoms with Crippen LogP contribution in [0.4, 0.5) is 0 Å². The van der Waals surface area contributed by atoms with Crippen molar-refractivity contribution in [2.45, 2.75) is 85.0 Å². The maximum Gasteiger partial charge on any atom is 0.252 e. The van der Waals surface area contributed by atoms with Crippen molar-refractivity contribution in [3.05, 3.63) is 63.9 Å². The molecule has 2 aliphatic rings. The van der Waals surface area contributed by atoms with Crippen molar-refractivity contribution in [2.24, 2.45) is 11.3 Å². The molecule has 214 valence electrons. The second-order valence-electron chi connectivity index (χ2n) is 11.7. The van der Waals surface area contributed by atoms with Gasteiger partial charge in [-0.1, -0.05) is 31.9 Å². The maximum atomic E-state index is 13.7. The molecule has 0 aliphatic heterocycles. The van der Waals surface area contributed by atoms with E-state index < -0.39 is 0 Å². The fraction of sp³-hybridized carbons (Fsp3) is 0.562. The standard InChI is InChI=1S/C32H43N5O3/c1-5-24-17-23(10-11-29(24)40-15-14-33-4)12-13-32(25-8-6-7-9-25)19-27(38)26(28(39)20-32)18-30-35-31-34-21(2)16-22(3)37(31)36-30/h10-11,16-17,25,33,38H,5-9,12-15,18-20H2,1-4H3. The normalized spacial score (nSPS) is 20.1. The number of aliphatic hydroxyl groups is 1. The molecular formula is C32H43N5O3. The van der Waals surface area contributed by atoms with Crippen molar-refractivity contribution in [3.63, 3.8) is 0 Å². The second kappa shape index (κ2) is 12.1. The number of carbonyl (C=O) groups excluding carboxylic acids is 1. The van der Waals surface area contributed by atoms with E-state index in [1.165, 1.54) is 24.0 Å². The van der Waals surface area contributed by atoms with E-state index in [2.05, 4.69) is 45.5 Å². The molecule has 0 saturated heterocycles. The number of ketones is 1. The highest BCUT2D eigenvalue weighted by Crippen LogP contribution is 2.52. The summed E-state index contributed by atoms with van der Waals surface area (Å²) in [5, 5.41) is 19.1. The highest BCUT2D eigenvalue weighted by Gasteiger charge is 2.46. The number of rotatable bonds is 11. The van der Waals surface area contributed by atoms with Gasteiger partial charge in [-0.15, -0.1) is 5.10 Å². The van der Waals surface area contributed by atoms with E-state index in [9.17, 15) is 9.90 Å². The lowest BCUT2D eigenvalue weighted by molar-refractivity contribution is -0.120. The first kappa shape index (κ1) is 28.3. The SMILES string of the molecule is CCc1cc(CCC2(C3CCCC3)CC(=O)C(Cc3nc4nc(C)cc(C)n4n3)=C(O)C2)ccc1OCCNC. The average molecular weight is 546 g/mol. The Hall–Kier alpha value is -3.26. The molecule has 2 aromatic heterocycles. The average Bonchev–Trinajstić information content (AvgIpc) is 3.61. The molecule has 0 spiro atoms. The number of ether oxygens (including phenoxy) is 1. The van der Waals surface area contributed by atoms with Gasteiger partial charge in [-0.05, 0) is 87.6 Å². The number of hydrogen-bond acceptors (Lipinski definition) is 7. The molecule has 1 saturated carbocycles.